The van der Waals surface area contributed by atoms with Gasteiger partial charge in [-0.2, -0.15) is 18.2 Å². The minimum atomic E-state index is -4.43. The number of piperazine rings is 1. The molecule has 8 heteroatoms. The molecule has 0 unspecified atom stereocenters. The monoisotopic (exact) mass is 435 g/mol. The maximum atomic E-state index is 13.5. The van der Waals surface area contributed by atoms with Crippen LogP contribution >= 0.6 is 12.2 Å². The molecule has 1 heterocycles. The molecule has 0 saturated carbocycles. The zero-order valence-corrected chi connectivity index (χ0v) is 17.4. The molecule has 2 aromatic rings. The number of alkyl halides is 3. The van der Waals surface area contributed by atoms with E-state index in [0.717, 1.165) is 44.4 Å². The van der Waals surface area contributed by atoms with E-state index in [4.69, 9.17) is 4.74 Å². The number of aliphatic imine (C=N–C) groups is 1. The molecular formula is C22H24F3N3OS. The summed E-state index contributed by atoms with van der Waals surface area (Å²) >= 11 is 4.49. The summed E-state index contributed by atoms with van der Waals surface area (Å²) in [6, 6.07) is 14.1. The second-order valence-corrected chi connectivity index (χ2v) is 7.38. The Morgan fingerprint density at radius 3 is 2.37 bits per heavy atom. The fourth-order valence-corrected chi connectivity index (χ4v) is 3.56. The predicted octanol–water partition coefficient (Wildman–Crippen LogP) is 4.77. The standard InChI is InChI=1S/C22H24F3N3OS/c23-22(24,25)21-14-20(26-17-30)7-6-19(21)15-28-10-8-27(9-11-28)12-13-29-16-18-4-2-1-3-5-18/h1-7,14H,8-13,15-16H2. The third-order valence-electron chi connectivity index (χ3n) is 5.10. The van der Waals surface area contributed by atoms with Crippen LogP contribution in [0.15, 0.2) is 53.5 Å². The number of nitrogens with zero attached hydrogens (tertiary/aromatic N) is 3. The zero-order chi connectivity index (χ0) is 21.4. The van der Waals surface area contributed by atoms with Gasteiger partial charge in [0.25, 0.3) is 0 Å². The van der Waals surface area contributed by atoms with E-state index in [1.54, 1.807) is 6.07 Å². The molecule has 0 aromatic heterocycles. The van der Waals surface area contributed by atoms with Gasteiger partial charge in [-0.15, -0.1) is 0 Å². The van der Waals surface area contributed by atoms with Crippen molar-refractivity contribution >= 4 is 23.1 Å². The molecular weight excluding hydrogens is 411 g/mol. The van der Waals surface area contributed by atoms with E-state index in [0.29, 0.717) is 13.2 Å². The zero-order valence-electron chi connectivity index (χ0n) is 16.6. The van der Waals surface area contributed by atoms with Gasteiger partial charge in [0, 0.05) is 39.3 Å². The number of hydrogen-bond donors (Lipinski definition) is 0. The molecule has 1 aliphatic rings. The highest BCUT2D eigenvalue weighted by atomic mass is 32.1. The number of isothiocyanates is 1. The lowest BCUT2D eigenvalue weighted by molar-refractivity contribution is -0.138. The van der Waals surface area contributed by atoms with Gasteiger partial charge in [0.15, 0.2) is 0 Å². The van der Waals surface area contributed by atoms with E-state index >= 15 is 0 Å². The Morgan fingerprint density at radius 2 is 1.70 bits per heavy atom. The Morgan fingerprint density at radius 1 is 1.00 bits per heavy atom. The Hall–Kier alpha value is -2.09. The molecule has 0 N–H and O–H groups in total. The first-order chi connectivity index (χ1) is 14.5. The van der Waals surface area contributed by atoms with E-state index in [1.165, 1.54) is 6.07 Å². The molecule has 2 aromatic carbocycles. The summed E-state index contributed by atoms with van der Waals surface area (Å²) in [5.41, 5.74) is 0.905. The molecule has 0 spiro atoms. The molecule has 0 amide bonds. The van der Waals surface area contributed by atoms with E-state index in [-0.39, 0.29) is 17.8 Å². The van der Waals surface area contributed by atoms with Gasteiger partial charge in [-0.1, -0.05) is 36.4 Å². The highest BCUT2D eigenvalue weighted by molar-refractivity contribution is 7.78. The lowest BCUT2D eigenvalue weighted by Gasteiger charge is -2.35. The fraction of sp³-hybridized carbons (Fsp3) is 0.409. The largest absolute Gasteiger partial charge is 0.416 e. The number of thiocarbonyl (C=S) groups is 1. The lowest BCUT2D eigenvalue weighted by Crippen LogP contribution is -2.46. The second kappa shape index (κ2) is 10.8. The van der Waals surface area contributed by atoms with Crippen molar-refractivity contribution in [2.24, 2.45) is 4.99 Å². The van der Waals surface area contributed by atoms with Crippen LogP contribution in [-0.4, -0.2) is 54.3 Å². The summed E-state index contributed by atoms with van der Waals surface area (Å²) in [6.07, 6.45) is -4.43. The van der Waals surface area contributed by atoms with E-state index in [9.17, 15) is 13.2 Å². The minimum Gasteiger partial charge on any atom is -0.375 e. The van der Waals surface area contributed by atoms with Crippen molar-refractivity contribution in [3.63, 3.8) is 0 Å². The average molecular weight is 436 g/mol. The van der Waals surface area contributed by atoms with Crippen LogP contribution in [-0.2, 0) is 24.1 Å². The summed E-state index contributed by atoms with van der Waals surface area (Å²) in [6.45, 7) is 5.35. The van der Waals surface area contributed by atoms with Crippen LogP contribution in [0.4, 0.5) is 18.9 Å². The van der Waals surface area contributed by atoms with Crippen LogP contribution in [0.5, 0.6) is 0 Å². The summed E-state index contributed by atoms with van der Waals surface area (Å²) in [5.74, 6) is 0. The molecule has 3 rings (SSSR count). The molecule has 1 aliphatic heterocycles. The van der Waals surface area contributed by atoms with Crippen molar-refractivity contribution in [3.05, 3.63) is 65.2 Å². The van der Waals surface area contributed by atoms with Crippen LogP contribution < -0.4 is 0 Å². The SMILES string of the molecule is FC(F)(F)c1cc(N=C=S)ccc1CN1CCN(CCOCc2ccccc2)CC1. The number of ether oxygens (including phenoxy) is 1. The fourth-order valence-electron chi connectivity index (χ4n) is 3.46. The van der Waals surface area contributed by atoms with Crippen molar-refractivity contribution in [2.45, 2.75) is 19.3 Å². The van der Waals surface area contributed by atoms with Crippen molar-refractivity contribution in [3.8, 4) is 0 Å². The van der Waals surface area contributed by atoms with Crippen molar-refractivity contribution < 1.29 is 17.9 Å². The first kappa shape index (κ1) is 22.6. The van der Waals surface area contributed by atoms with Gasteiger partial charge in [-0.3, -0.25) is 9.80 Å². The summed E-state index contributed by atoms with van der Waals surface area (Å²) in [7, 11) is 0. The van der Waals surface area contributed by atoms with Crippen molar-refractivity contribution in [2.75, 3.05) is 39.3 Å². The maximum Gasteiger partial charge on any atom is 0.416 e. The van der Waals surface area contributed by atoms with Gasteiger partial charge < -0.3 is 4.74 Å². The lowest BCUT2D eigenvalue weighted by atomic mass is 10.0. The van der Waals surface area contributed by atoms with Crippen molar-refractivity contribution in [1.29, 1.82) is 0 Å². The highest BCUT2D eigenvalue weighted by Crippen LogP contribution is 2.35. The molecule has 1 fully saturated rings. The maximum absolute atomic E-state index is 13.5. The smallest absolute Gasteiger partial charge is 0.375 e. The first-order valence-electron chi connectivity index (χ1n) is 9.80. The van der Waals surface area contributed by atoms with Crippen LogP contribution in [0.1, 0.15) is 16.7 Å². The molecule has 30 heavy (non-hydrogen) atoms. The molecule has 160 valence electrons. The first-order valence-corrected chi connectivity index (χ1v) is 10.2. The summed E-state index contributed by atoms with van der Waals surface area (Å²) < 4.78 is 46.1. The number of halogens is 3. The van der Waals surface area contributed by atoms with Gasteiger partial charge in [-0.05, 0) is 35.5 Å². The third-order valence-corrected chi connectivity index (χ3v) is 5.19. The van der Waals surface area contributed by atoms with Gasteiger partial charge in [0.05, 0.1) is 29.6 Å². The van der Waals surface area contributed by atoms with Crippen molar-refractivity contribution in [1.82, 2.24) is 9.80 Å². The number of rotatable bonds is 8. The molecule has 0 bridgehead atoms. The summed E-state index contributed by atoms with van der Waals surface area (Å²) in [4.78, 5) is 8.00. The van der Waals surface area contributed by atoms with Gasteiger partial charge in [0.1, 0.15) is 0 Å². The van der Waals surface area contributed by atoms with E-state index in [1.807, 2.05) is 35.2 Å². The van der Waals surface area contributed by atoms with Gasteiger partial charge >= 0.3 is 6.18 Å². The highest BCUT2D eigenvalue weighted by Gasteiger charge is 2.34. The van der Waals surface area contributed by atoms with E-state index < -0.39 is 11.7 Å². The molecule has 0 aliphatic carbocycles. The van der Waals surface area contributed by atoms with E-state index in [2.05, 4.69) is 27.3 Å². The van der Waals surface area contributed by atoms with Gasteiger partial charge in [0.2, 0.25) is 0 Å². The molecule has 0 radical (unpaired) electrons. The summed E-state index contributed by atoms with van der Waals surface area (Å²) in [5, 5.41) is 2.11. The van der Waals surface area contributed by atoms with Crippen LogP contribution in [0.25, 0.3) is 0 Å². The minimum absolute atomic E-state index is 0.168. The van der Waals surface area contributed by atoms with Crippen LogP contribution in [0.3, 0.4) is 0 Å². The third kappa shape index (κ3) is 6.72. The average Bonchev–Trinajstić information content (AvgIpc) is 2.74. The Bertz CT molecular complexity index is 862. The Labute approximate surface area is 180 Å². The van der Waals surface area contributed by atoms with Crippen LogP contribution in [0.2, 0.25) is 0 Å². The molecule has 1 saturated heterocycles. The molecule has 4 nitrogen and oxygen atoms in total. The topological polar surface area (TPSA) is 28.1 Å². The quantitative estimate of drug-likeness (QED) is 0.339. The molecule has 0 atom stereocenters. The number of benzene rings is 2. The second-order valence-electron chi connectivity index (χ2n) is 7.20. The number of hydrogen-bond acceptors (Lipinski definition) is 5. The Balaban J connectivity index is 1.47. The Kier molecular flexibility index (Phi) is 8.13. The normalized spacial score (nSPS) is 15.7. The van der Waals surface area contributed by atoms with Crippen LogP contribution in [0, 0.1) is 0 Å². The van der Waals surface area contributed by atoms with Gasteiger partial charge in [-0.25, -0.2) is 0 Å². The predicted molar refractivity (Wildman–Crippen MR) is 114 cm³/mol.